The van der Waals surface area contributed by atoms with E-state index in [9.17, 15) is 5.11 Å². The summed E-state index contributed by atoms with van der Waals surface area (Å²) in [5.41, 5.74) is 1.50. The third kappa shape index (κ3) is 3.38. The van der Waals surface area contributed by atoms with E-state index in [4.69, 9.17) is 21.7 Å². The van der Waals surface area contributed by atoms with Gasteiger partial charge in [0.1, 0.15) is 5.75 Å². The number of benzene rings is 2. The number of aromatic nitrogens is 3. The number of aromatic amines is 1. The smallest absolute Gasteiger partial charge is 0.216 e. The van der Waals surface area contributed by atoms with Gasteiger partial charge in [-0.05, 0) is 48.1 Å². The molecule has 0 amide bonds. The quantitative estimate of drug-likeness (QED) is 0.542. The van der Waals surface area contributed by atoms with Gasteiger partial charge in [-0.15, -0.1) is 0 Å². The van der Waals surface area contributed by atoms with Crippen molar-refractivity contribution in [3.05, 3.63) is 52.8 Å². The molecule has 2 aromatic carbocycles. The summed E-state index contributed by atoms with van der Waals surface area (Å²) in [6.07, 6.45) is 1.60. The number of hydrogen-bond acceptors (Lipinski definition) is 6. The molecule has 0 saturated heterocycles. The molecule has 2 N–H and O–H groups in total. The van der Waals surface area contributed by atoms with Crippen LogP contribution in [-0.4, -0.2) is 40.4 Å². The number of H-pyrrole nitrogens is 1. The fourth-order valence-electron chi connectivity index (χ4n) is 2.30. The lowest BCUT2D eigenvalue weighted by Gasteiger charge is -2.07. The normalized spacial score (nSPS) is 11.0. The molecule has 0 fully saturated rings. The summed E-state index contributed by atoms with van der Waals surface area (Å²) in [4.78, 5) is 0. The standard InChI is InChI=1S/C17H16N4O3S/c1-23-14-6-4-3-5-12(14)16-19-20-17(25)21(16)18-10-11-7-8-13(22)15(9-11)24-2/h3-10,22H,1-2H3,(H,20,25)/b18-10+. The molecule has 0 unspecified atom stereocenters. The summed E-state index contributed by atoms with van der Waals surface area (Å²) in [5.74, 6) is 1.63. The van der Waals surface area contributed by atoms with Crippen LogP contribution in [0.25, 0.3) is 11.4 Å². The third-order valence-electron chi connectivity index (χ3n) is 3.52. The summed E-state index contributed by atoms with van der Waals surface area (Å²) in [7, 11) is 3.08. The fourth-order valence-corrected chi connectivity index (χ4v) is 2.48. The van der Waals surface area contributed by atoms with Gasteiger partial charge in [0, 0.05) is 0 Å². The Hall–Kier alpha value is -3.13. The second kappa shape index (κ2) is 7.18. The van der Waals surface area contributed by atoms with Crippen molar-refractivity contribution >= 4 is 18.4 Å². The van der Waals surface area contributed by atoms with Crippen molar-refractivity contribution < 1.29 is 14.6 Å². The highest BCUT2D eigenvalue weighted by Gasteiger charge is 2.12. The Morgan fingerprint density at radius 3 is 2.68 bits per heavy atom. The molecule has 0 bridgehead atoms. The minimum Gasteiger partial charge on any atom is -0.504 e. The van der Waals surface area contributed by atoms with Gasteiger partial charge in [-0.25, -0.2) is 5.10 Å². The average molecular weight is 356 g/mol. The topological polar surface area (TPSA) is 84.7 Å². The van der Waals surface area contributed by atoms with Crippen molar-refractivity contribution in [2.75, 3.05) is 14.2 Å². The van der Waals surface area contributed by atoms with E-state index in [0.29, 0.717) is 22.1 Å². The molecule has 8 heteroatoms. The molecule has 7 nitrogen and oxygen atoms in total. The first kappa shape index (κ1) is 16.7. The first-order chi connectivity index (χ1) is 12.1. The van der Waals surface area contributed by atoms with E-state index in [0.717, 1.165) is 11.1 Å². The Morgan fingerprint density at radius 1 is 1.16 bits per heavy atom. The van der Waals surface area contributed by atoms with Gasteiger partial charge in [0.25, 0.3) is 0 Å². The highest BCUT2D eigenvalue weighted by Crippen LogP contribution is 2.28. The summed E-state index contributed by atoms with van der Waals surface area (Å²) in [5, 5.41) is 21.0. The maximum atomic E-state index is 9.66. The van der Waals surface area contributed by atoms with Crippen molar-refractivity contribution in [1.82, 2.24) is 14.9 Å². The highest BCUT2D eigenvalue weighted by molar-refractivity contribution is 7.71. The Balaban J connectivity index is 2.02. The lowest BCUT2D eigenvalue weighted by molar-refractivity contribution is 0.373. The Labute approximate surface area is 149 Å². The number of hydrogen-bond donors (Lipinski definition) is 2. The van der Waals surface area contributed by atoms with Crippen molar-refractivity contribution in [2.24, 2.45) is 5.10 Å². The number of ether oxygens (including phenoxy) is 2. The van der Waals surface area contributed by atoms with Gasteiger partial charge in [-0.3, -0.25) is 0 Å². The summed E-state index contributed by atoms with van der Waals surface area (Å²) >= 11 is 5.26. The van der Waals surface area contributed by atoms with Gasteiger partial charge in [-0.1, -0.05) is 12.1 Å². The van der Waals surface area contributed by atoms with E-state index >= 15 is 0 Å². The largest absolute Gasteiger partial charge is 0.504 e. The maximum Gasteiger partial charge on any atom is 0.216 e. The van der Waals surface area contributed by atoms with E-state index in [1.807, 2.05) is 24.3 Å². The first-order valence-electron chi connectivity index (χ1n) is 7.36. The van der Waals surface area contributed by atoms with Crippen LogP contribution >= 0.6 is 12.2 Å². The van der Waals surface area contributed by atoms with Gasteiger partial charge in [0.15, 0.2) is 17.3 Å². The van der Waals surface area contributed by atoms with E-state index in [1.54, 1.807) is 25.5 Å². The van der Waals surface area contributed by atoms with Crippen molar-refractivity contribution in [1.29, 1.82) is 0 Å². The summed E-state index contributed by atoms with van der Waals surface area (Å²) < 4.78 is 12.3. The second-order valence-electron chi connectivity index (χ2n) is 5.04. The fraction of sp³-hybridized carbons (Fsp3) is 0.118. The average Bonchev–Trinajstić information content (AvgIpc) is 3.01. The van der Waals surface area contributed by atoms with Crippen LogP contribution in [0, 0.1) is 4.77 Å². The molecule has 3 aromatic rings. The zero-order chi connectivity index (χ0) is 17.8. The van der Waals surface area contributed by atoms with Crippen LogP contribution in [0.15, 0.2) is 47.6 Å². The lowest BCUT2D eigenvalue weighted by atomic mass is 10.2. The molecule has 128 valence electrons. The van der Waals surface area contributed by atoms with Crippen LogP contribution in [0.4, 0.5) is 0 Å². The molecule has 0 radical (unpaired) electrons. The van der Waals surface area contributed by atoms with Gasteiger partial charge < -0.3 is 14.6 Å². The number of nitrogens with one attached hydrogen (secondary N) is 1. The minimum atomic E-state index is 0.0642. The number of nitrogens with zero attached hydrogens (tertiary/aromatic N) is 3. The zero-order valence-electron chi connectivity index (χ0n) is 13.6. The molecule has 0 atom stereocenters. The summed E-state index contributed by atoms with van der Waals surface area (Å²) in [6.45, 7) is 0. The Bertz CT molecular complexity index is 978. The molecule has 0 spiro atoms. The van der Waals surface area contributed by atoms with Crippen molar-refractivity contribution in [3.63, 3.8) is 0 Å². The van der Waals surface area contributed by atoms with Gasteiger partial charge in [-0.2, -0.15) is 14.9 Å². The van der Waals surface area contributed by atoms with E-state index in [2.05, 4.69) is 15.3 Å². The van der Waals surface area contributed by atoms with Crippen LogP contribution in [0.3, 0.4) is 0 Å². The predicted octanol–water partition coefficient (Wildman–Crippen LogP) is 3.21. The highest BCUT2D eigenvalue weighted by atomic mass is 32.1. The Morgan fingerprint density at radius 2 is 1.92 bits per heavy atom. The zero-order valence-corrected chi connectivity index (χ0v) is 14.4. The molecule has 0 aliphatic rings. The molecular formula is C17H16N4O3S. The van der Waals surface area contributed by atoms with Gasteiger partial charge in [0.05, 0.1) is 26.0 Å². The van der Waals surface area contributed by atoms with E-state index in [1.165, 1.54) is 17.9 Å². The minimum absolute atomic E-state index is 0.0642. The molecule has 0 aliphatic heterocycles. The maximum absolute atomic E-state index is 9.66. The molecule has 25 heavy (non-hydrogen) atoms. The number of phenols is 1. The number of phenolic OH excluding ortho intramolecular Hbond substituents is 1. The monoisotopic (exact) mass is 356 g/mol. The SMILES string of the molecule is COc1cc(/C=N/n2c(-c3ccccc3OC)n[nH]c2=S)ccc1O. The van der Waals surface area contributed by atoms with Crippen molar-refractivity contribution in [3.8, 4) is 28.6 Å². The van der Waals surface area contributed by atoms with Gasteiger partial charge >= 0.3 is 0 Å². The van der Waals surface area contributed by atoms with Crippen LogP contribution in [0.5, 0.6) is 17.2 Å². The molecule has 0 saturated carbocycles. The molecular weight excluding hydrogens is 340 g/mol. The predicted molar refractivity (Wildman–Crippen MR) is 97.1 cm³/mol. The number of para-hydroxylation sites is 1. The lowest BCUT2D eigenvalue weighted by Crippen LogP contribution is -1.97. The van der Waals surface area contributed by atoms with Crippen LogP contribution in [0.2, 0.25) is 0 Å². The first-order valence-corrected chi connectivity index (χ1v) is 7.77. The van der Waals surface area contributed by atoms with E-state index in [-0.39, 0.29) is 5.75 Å². The van der Waals surface area contributed by atoms with Crippen LogP contribution < -0.4 is 9.47 Å². The number of methoxy groups -OCH3 is 2. The number of aromatic hydroxyl groups is 1. The molecule has 1 heterocycles. The molecule has 3 rings (SSSR count). The number of rotatable bonds is 5. The molecule has 1 aromatic heterocycles. The van der Waals surface area contributed by atoms with Crippen LogP contribution in [-0.2, 0) is 0 Å². The van der Waals surface area contributed by atoms with Gasteiger partial charge in [0.2, 0.25) is 4.77 Å². The van der Waals surface area contributed by atoms with Crippen LogP contribution in [0.1, 0.15) is 5.56 Å². The second-order valence-corrected chi connectivity index (χ2v) is 5.43. The Kier molecular flexibility index (Phi) is 4.80. The van der Waals surface area contributed by atoms with E-state index < -0.39 is 0 Å². The van der Waals surface area contributed by atoms with Crippen molar-refractivity contribution in [2.45, 2.75) is 0 Å². The third-order valence-corrected chi connectivity index (χ3v) is 3.79. The summed E-state index contributed by atoms with van der Waals surface area (Å²) in [6, 6.07) is 12.4. The molecule has 0 aliphatic carbocycles.